The van der Waals surface area contributed by atoms with Gasteiger partial charge in [0.25, 0.3) is 0 Å². The largest absolute Gasteiger partial charge is 0.342 e. The van der Waals surface area contributed by atoms with Gasteiger partial charge in [-0.15, -0.1) is 0 Å². The van der Waals surface area contributed by atoms with Gasteiger partial charge in [0.05, 0.1) is 17.9 Å². The first-order valence-corrected chi connectivity index (χ1v) is 6.76. The van der Waals surface area contributed by atoms with Crippen LogP contribution in [0, 0.1) is 12.3 Å². The van der Waals surface area contributed by atoms with Crippen molar-refractivity contribution in [1.82, 2.24) is 20.0 Å². The first-order chi connectivity index (χ1) is 9.18. The van der Waals surface area contributed by atoms with E-state index in [1.807, 2.05) is 40.8 Å². The minimum Gasteiger partial charge on any atom is -0.342 e. The molecule has 1 atom stereocenters. The van der Waals surface area contributed by atoms with Crippen LogP contribution in [0.1, 0.15) is 32.2 Å². The van der Waals surface area contributed by atoms with E-state index in [1.165, 1.54) is 0 Å². The summed E-state index contributed by atoms with van der Waals surface area (Å²) < 4.78 is 1.75. The average Bonchev–Trinajstić information content (AvgIpc) is 2.60. The lowest BCUT2D eigenvalue weighted by molar-refractivity contribution is -0.148. The first kappa shape index (κ1) is 14.6. The van der Waals surface area contributed by atoms with Gasteiger partial charge in [-0.25, -0.2) is 0 Å². The molecule has 1 N–H and O–H groups in total. The molecule has 0 bridgehead atoms. The quantitative estimate of drug-likeness (QED) is 0.861. The van der Waals surface area contributed by atoms with Gasteiger partial charge in [-0.05, 0) is 18.4 Å². The third-order valence-electron chi connectivity index (χ3n) is 3.52. The Bertz CT molecular complexity index is 542. The highest BCUT2D eigenvalue weighted by atomic mass is 16.2. The predicted molar refractivity (Wildman–Crippen MR) is 74.7 cm³/mol. The lowest BCUT2D eigenvalue weighted by Crippen LogP contribution is -2.61. The zero-order valence-corrected chi connectivity index (χ0v) is 12.7. The van der Waals surface area contributed by atoms with Gasteiger partial charge in [0.15, 0.2) is 0 Å². The third kappa shape index (κ3) is 2.84. The predicted octanol–water partition coefficient (Wildman–Crippen LogP) is 0.602. The van der Waals surface area contributed by atoms with Gasteiger partial charge < -0.3 is 10.2 Å². The molecule has 0 saturated carbocycles. The summed E-state index contributed by atoms with van der Waals surface area (Å²) in [6.07, 6.45) is 0. The maximum atomic E-state index is 12.5. The highest BCUT2D eigenvalue weighted by Crippen LogP contribution is 2.24. The molecule has 0 aliphatic carbocycles. The molecule has 2 amide bonds. The molecule has 1 aromatic rings. The zero-order chi connectivity index (χ0) is 15.1. The molecular weight excluding hydrogens is 256 g/mol. The molecule has 1 aliphatic heterocycles. The van der Waals surface area contributed by atoms with Gasteiger partial charge in [-0.2, -0.15) is 5.10 Å². The van der Waals surface area contributed by atoms with Crippen LogP contribution in [0.2, 0.25) is 0 Å². The van der Waals surface area contributed by atoms with Crippen LogP contribution >= 0.6 is 0 Å². The summed E-state index contributed by atoms with van der Waals surface area (Å²) in [5, 5.41) is 7.06. The summed E-state index contributed by atoms with van der Waals surface area (Å²) in [5.74, 6) is -0.139. The number of nitrogens with one attached hydrogen (secondary N) is 1. The molecule has 2 heterocycles. The van der Waals surface area contributed by atoms with Crippen molar-refractivity contribution in [2.75, 3.05) is 6.54 Å². The standard InChI is InChI=1S/C14H22N4O2/c1-9-6-10(17(5)16-9)7-18-8-11(19)15-12(13(18)20)14(2,3)4/h6,12H,7-8H2,1-5H3,(H,15,19). The van der Waals surface area contributed by atoms with Crippen LogP contribution in [0.15, 0.2) is 6.07 Å². The van der Waals surface area contributed by atoms with Gasteiger partial charge in [0, 0.05) is 7.05 Å². The molecule has 1 unspecified atom stereocenters. The molecule has 0 radical (unpaired) electrons. The molecule has 6 nitrogen and oxygen atoms in total. The van der Waals surface area contributed by atoms with E-state index in [2.05, 4.69) is 10.4 Å². The van der Waals surface area contributed by atoms with Crippen molar-refractivity contribution in [3.63, 3.8) is 0 Å². The Morgan fingerprint density at radius 1 is 1.40 bits per heavy atom. The highest BCUT2D eigenvalue weighted by Gasteiger charge is 2.40. The summed E-state index contributed by atoms with van der Waals surface area (Å²) in [6.45, 7) is 8.28. The minimum absolute atomic E-state index is 0.0315. The summed E-state index contributed by atoms with van der Waals surface area (Å²) in [6, 6.07) is 1.46. The molecule has 1 saturated heterocycles. The number of rotatable bonds is 2. The Balaban J connectivity index is 2.21. The van der Waals surface area contributed by atoms with Crippen molar-refractivity contribution >= 4 is 11.8 Å². The number of aryl methyl sites for hydroxylation is 2. The van der Waals surface area contributed by atoms with Crippen molar-refractivity contribution < 1.29 is 9.59 Å². The second-order valence-corrected chi connectivity index (χ2v) is 6.46. The van der Waals surface area contributed by atoms with Crippen LogP contribution < -0.4 is 5.32 Å². The number of hydrogen-bond acceptors (Lipinski definition) is 3. The van der Waals surface area contributed by atoms with Crippen molar-refractivity contribution in [2.24, 2.45) is 12.5 Å². The number of carbonyl (C=O) groups is 2. The topological polar surface area (TPSA) is 67.2 Å². The number of aromatic nitrogens is 2. The second-order valence-electron chi connectivity index (χ2n) is 6.46. The summed E-state index contributed by atoms with van der Waals surface area (Å²) >= 11 is 0. The molecule has 20 heavy (non-hydrogen) atoms. The van der Waals surface area contributed by atoms with E-state index in [0.29, 0.717) is 6.54 Å². The van der Waals surface area contributed by atoms with Gasteiger partial charge >= 0.3 is 0 Å². The van der Waals surface area contributed by atoms with Gasteiger partial charge in [0.2, 0.25) is 11.8 Å². The number of nitrogens with zero attached hydrogens (tertiary/aromatic N) is 3. The summed E-state index contributed by atoms with van der Waals surface area (Å²) in [5.41, 5.74) is 1.54. The number of carbonyl (C=O) groups excluding carboxylic acids is 2. The van der Waals surface area contributed by atoms with Crippen LogP contribution in [-0.2, 0) is 23.2 Å². The van der Waals surface area contributed by atoms with E-state index in [4.69, 9.17) is 0 Å². The van der Waals surface area contributed by atoms with Crippen molar-refractivity contribution in [1.29, 1.82) is 0 Å². The van der Waals surface area contributed by atoms with Crippen LogP contribution in [0.3, 0.4) is 0 Å². The summed E-state index contributed by atoms with van der Waals surface area (Å²) in [7, 11) is 1.85. The Hall–Kier alpha value is -1.85. The minimum atomic E-state index is -0.474. The molecule has 1 aromatic heterocycles. The van der Waals surface area contributed by atoms with Crippen LogP contribution in [0.25, 0.3) is 0 Å². The fraction of sp³-hybridized carbons (Fsp3) is 0.643. The van der Waals surface area contributed by atoms with Gasteiger partial charge in [-0.3, -0.25) is 14.3 Å². The van der Waals surface area contributed by atoms with E-state index >= 15 is 0 Å². The van der Waals surface area contributed by atoms with Crippen LogP contribution in [0.5, 0.6) is 0 Å². The third-order valence-corrected chi connectivity index (χ3v) is 3.52. The maximum Gasteiger partial charge on any atom is 0.246 e. The Labute approximate surface area is 119 Å². The van der Waals surface area contributed by atoms with Crippen LogP contribution in [-0.4, -0.2) is 39.1 Å². The Morgan fingerprint density at radius 2 is 2.05 bits per heavy atom. The lowest BCUT2D eigenvalue weighted by atomic mass is 9.85. The second kappa shape index (κ2) is 4.92. The van der Waals surface area contributed by atoms with Crippen molar-refractivity contribution in [3.8, 4) is 0 Å². The SMILES string of the molecule is Cc1cc(CN2CC(=O)NC(C(C)(C)C)C2=O)n(C)n1. The number of amides is 2. The zero-order valence-electron chi connectivity index (χ0n) is 12.7. The number of piperazine rings is 1. The Kier molecular flexibility index (Phi) is 3.58. The van der Waals surface area contributed by atoms with E-state index in [9.17, 15) is 9.59 Å². The average molecular weight is 278 g/mol. The van der Waals surface area contributed by atoms with Crippen LogP contribution in [0.4, 0.5) is 0 Å². The molecule has 1 fully saturated rings. The van der Waals surface area contributed by atoms with E-state index in [-0.39, 0.29) is 23.8 Å². The molecule has 6 heteroatoms. The first-order valence-electron chi connectivity index (χ1n) is 6.76. The fourth-order valence-corrected chi connectivity index (χ4v) is 2.43. The van der Waals surface area contributed by atoms with E-state index in [1.54, 1.807) is 9.58 Å². The molecule has 0 aromatic carbocycles. The lowest BCUT2D eigenvalue weighted by Gasteiger charge is -2.38. The highest BCUT2D eigenvalue weighted by molar-refractivity contribution is 5.95. The van der Waals surface area contributed by atoms with E-state index < -0.39 is 6.04 Å². The van der Waals surface area contributed by atoms with Gasteiger partial charge in [0.1, 0.15) is 12.6 Å². The van der Waals surface area contributed by atoms with Crippen molar-refractivity contribution in [2.45, 2.75) is 40.3 Å². The molecule has 1 aliphatic rings. The Morgan fingerprint density at radius 3 is 2.55 bits per heavy atom. The molecule has 110 valence electrons. The van der Waals surface area contributed by atoms with Crippen molar-refractivity contribution in [3.05, 3.63) is 17.5 Å². The normalized spacial score (nSPS) is 20.2. The molecular formula is C14H22N4O2. The smallest absolute Gasteiger partial charge is 0.246 e. The van der Waals surface area contributed by atoms with E-state index in [0.717, 1.165) is 11.4 Å². The number of hydrogen-bond donors (Lipinski definition) is 1. The fourth-order valence-electron chi connectivity index (χ4n) is 2.43. The molecule has 2 rings (SSSR count). The summed E-state index contributed by atoms with van der Waals surface area (Å²) in [4.78, 5) is 26.0. The van der Waals surface area contributed by atoms with Gasteiger partial charge in [-0.1, -0.05) is 20.8 Å². The maximum absolute atomic E-state index is 12.5. The monoisotopic (exact) mass is 278 g/mol. The molecule has 0 spiro atoms.